The minimum atomic E-state index is -0.862. The van der Waals surface area contributed by atoms with Crippen LogP contribution in [0, 0.1) is 10.1 Å². The third-order valence-electron chi connectivity index (χ3n) is 3.28. The maximum atomic E-state index is 12.3. The summed E-state index contributed by atoms with van der Waals surface area (Å²) < 4.78 is 5.23. The molecule has 124 valence electrons. The van der Waals surface area contributed by atoms with Crippen molar-refractivity contribution in [2.45, 2.75) is 45.6 Å². The Kier molecular flexibility index (Phi) is 4.26. The van der Waals surface area contributed by atoms with Crippen LogP contribution in [-0.2, 0) is 16.0 Å². The fourth-order valence-electron chi connectivity index (χ4n) is 2.35. The average Bonchev–Trinajstić information content (AvgIpc) is 2.53. The van der Waals surface area contributed by atoms with Crippen molar-refractivity contribution in [3.8, 4) is 5.75 Å². The molecule has 0 radical (unpaired) electrons. The molecule has 1 heterocycles. The number of aromatic hydroxyl groups is 1. The molecular weight excluding hydrogens is 304 g/mol. The molecule has 1 N–H and O–H groups in total. The van der Waals surface area contributed by atoms with Crippen LogP contribution in [0.2, 0.25) is 0 Å². The molecule has 0 unspecified atom stereocenters. The van der Waals surface area contributed by atoms with Crippen LogP contribution in [0.4, 0.5) is 16.2 Å². The molecule has 8 heteroatoms. The zero-order valence-electron chi connectivity index (χ0n) is 13.2. The van der Waals surface area contributed by atoms with Crippen molar-refractivity contribution in [1.29, 1.82) is 0 Å². The number of nitro groups is 1. The van der Waals surface area contributed by atoms with E-state index in [1.54, 1.807) is 20.8 Å². The lowest BCUT2D eigenvalue weighted by molar-refractivity contribution is -0.385. The first kappa shape index (κ1) is 16.7. The van der Waals surface area contributed by atoms with Gasteiger partial charge < -0.3 is 9.84 Å². The first-order chi connectivity index (χ1) is 10.6. The van der Waals surface area contributed by atoms with E-state index in [0.717, 1.165) is 11.0 Å². The molecule has 0 aromatic heterocycles. The summed E-state index contributed by atoms with van der Waals surface area (Å²) >= 11 is 0. The number of nitrogens with zero attached hydrogens (tertiary/aromatic N) is 2. The van der Waals surface area contributed by atoms with Crippen LogP contribution in [0.15, 0.2) is 12.1 Å². The second-order valence-corrected chi connectivity index (χ2v) is 6.29. The van der Waals surface area contributed by atoms with Gasteiger partial charge in [0, 0.05) is 18.6 Å². The number of phenols is 1. The zero-order valence-corrected chi connectivity index (χ0v) is 13.2. The summed E-state index contributed by atoms with van der Waals surface area (Å²) in [6.45, 7) is 5.00. The second-order valence-electron chi connectivity index (χ2n) is 6.29. The fourth-order valence-corrected chi connectivity index (χ4v) is 2.35. The summed E-state index contributed by atoms with van der Waals surface area (Å²) in [5, 5.41) is 20.7. The molecule has 23 heavy (non-hydrogen) atoms. The Hall–Kier alpha value is -2.64. The van der Waals surface area contributed by atoms with Crippen LogP contribution in [-0.4, -0.2) is 27.6 Å². The van der Waals surface area contributed by atoms with E-state index in [2.05, 4.69) is 0 Å². The Balaban J connectivity index is 2.52. The third kappa shape index (κ3) is 3.58. The Bertz CT molecular complexity index is 677. The number of phenolic OH excluding ortho intramolecular Hbond substituents is 1. The highest BCUT2D eigenvalue weighted by Gasteiger charge is 2.33. The lowest BCUT2D eigenvalue weighted by Crippen LogP contribution is -2.40. The van der Waals surface area contributed by atoms with Crippen LogP contribution < -0.4 is 4.90 Å². The quantitative estimate of drug-likeness (QED) is 0.628. The average molecular weight is 322 g/mol. The van der Waals surface area contributed by atoms with E-state index in [1.807, 2.05) is 0 Å². The number of anilines is 1. The molecule has 1 aromatic rings. The van der Waals surface area contributed by atoms with Gasteiger partial charge in [0.15, 0.2) is 5.75 Å². The van der Waals surface area contributed by atoms with Crippen molar-refractivity contribution in [3.63, 3.8) is 0 Å². The Morgan fingerprint density at radius 1 is 1.35 bits per heavy atom. The third-order valence-corrected chi connectivity index (χ3v) is 3.28. The molecule has 1 aliphatic heterocycles. The molecule has 1 aromatic carbocycles. The van der Waals surface area contributed by atoms with Gasteiger partial charge in [-0.2, -0.15) is 0 Å². The number of nitro benzene ring substituents is 1. The molecule has 1 aliphatic rings. The SMILES string of the molecule is CC(C)(C)OC(=O)N1C(=O)CCCc2cc([N+](=O)[O-])c(O)cc21. The highest BCUT2D eigenvalue weighted by atomic mass is 16.6. The van der Waals surface area contributed by atoms with Crippen LogP contribution in [0.3, 0.4) is 0 Å². The van der Waals surface area contributed by atoms with E-state index in [1.165, 1.54) is 6.07 Å². The van der Waals surface area contributed by atoms with Crippen molar-refractivity contribution < 1.29 is 24.4 Å². The number of benzene rings is 1. The number of amides is 2. The lowest BCUT2D eigenvalue weighted by atomic mass is 10.1. The van der Waals surface area contributed by atoms with Crippen LogP contribution >= 0.6 is 0 Å². The highest BCUT2D eigenvalue weighted by Crippen LogP contribution is 2.37. The molecule has 0 atom stereocenters. The van der Waals surface area contributed by atoms with E-state index in [-0.39, 0.29) is 12.1 Å². The predicted octanol–water partition coefficient (Wildman–Crippen LogP) is 2.90. The van der Waals surface area contributed by atoms with Gasteiger partial charge >= 0.3 is 11.8 Å². The summed E-state index contributed by atoms with van der Waals surface area (Å²) in [5.41, 5.74) is -0.676. The molecule has 2 amide bonds. The number of hydrogen-bond acceptors (Lipinski definition) is 6. The number of aryl methyl sites for hydroxylation is 1. The molecule has 0 bridgehead atoms. The first-order valence-electron chi connectivity index (χ1n) is 7.16. The smallest absolute Gasteiger partial charge is 0.421 e. The molecule has 0 aliphatic carbocycles. The predicted molar refractivity (Wildman–Crippen MR) is 81.4 cm³/mol. The normalized spacial score (nSPS) is 14.9. The van der Waals surface area contributed by atoms with Crippen molar-refractivity contribution in [2.75, 3.05) is 4.90 Å². The molecule has 2 rings (SSSR count). The minimum absolute atomic E-state index is 0.114. The number of carbonyl (C=O) groups excluding carboxylic acids is 2. The van der Waals surface area contributed by atoms with Gasteiger partial charge in [-0.15, -0.1) is 0 Å². The standard InChI is InChI=1S/C15H18N2O6/c1-15(2,3)23-14(20)16-10-8-12(18)11(17(21)22)7-9(10)5-4-6-13(16)19/h7-8,18H,4-6H2,1-3H3. The summed E-state index contributed by atoms with van der Waals surface area (Å²) in [5.74, 6) is -1.07. The minimum Gasteiger partial charge on any atom is -0.502 e. The van der Waals surface area contributed by atoms with Gasteiger partial charge in [0.2, 0.25) is 5.91 Å². The monoisotopic (exact) mass is 322 g/mol. The topological polar surface area (TPSA) is 110 Å². The second kappa shape index (κ2) is 5.86. The van der Waals surface area contributed by atoms with Crippen molar-refractivity contribution in [3.05, 3.63) is 27.8 Å². The molecule has 0 spiro atoms. The number of carbonyl (C=O) groups is 2. The van der Waals surface area contributed by atoms with E-state index < -0.39 is 34.0 Å². The molecule has 8 nitrogen and oxygen atoms in total. The van der Waals surface area contributed by atoms with Crippen LogP contribution in [0.25, 0.3) is 0 Å². The van der Waals surface area contributed by atoms with Crippen molar-refractivity contribution in [1.82, 2.24) is 0 Å². The number of hydrogen-bond donors (Lipinski definition) is 1. The van der Waals surface area contributed by atoms with Crippen LogP contribution in [0.1, 0.15) is 39.2 Å². The number of imide groups is 1. The number of fused-ring (bicyclic) bond motifs is 1. The van der Waals surface area contributed by atoms with E-state index >= 15 is 0 Å². The summed E-state index contributed by atoms with van der Waals surface area (Å²) in [7, 11) is 0. The summed E-state index contributed by atoms with van der Waals surface area (Å²) in [6, 6.07) is 2.27. The maximum absolute atomic E-state index is 12.3. The van der Waals surface area contributed by atoms with Gasteiger partial charge in [0.05, 0.1) is 10.6 Å². The summed E-state index contributed by atoms with van der Waals surface area (Å²) in [4.78, 5) is 35.7. The van der Waals surface area contributed by atoms with E-state index in [9.17, 15) is 24.8 Å². The van der Waals surface area contributed by atoms with E-state index in [4.69, 9.17) is 4.74 Å². The van der Waals surface area contributed by atoms with Crippen LogP contribution in [0.5, 0.6) is 5.75 Å². The lowest BCUT2D eigenvalue weighted by Gasteiger charge is -2.26. The van der Waals surface area contributed by atoms with Gasteiger partial charge in [-0.1, -0.05) is 0 Å². The Morgan fingerprint density at radius 2 is 2.00 bits per heavy atom. The van der Waals surface area contributed by atoms with Gasteiger partial charge in [-0.25, -0.2) is 9.69 Å². The summed E-state index contributed by atoms with van der Waals surface area (Å²) in [6.07, 6.45) is 0.0933. The number of ether oxygens (including phenoxy) is 1. The van der Waals surface area contributed by atoms with Gasteiger partial charge in [-0.3, -0.25) is 14.9 Å². The maximum Gasteiger partial charge on any atom is 0.421 e. The molecular formula is C15H18N2O6. The van der Waals surface area contributed by atoms with E-state index in [0.29, 0.717) is 18.4 Å². The van der Waals surface area contributed by atoms with Gasteiger partial charge in [-0.05, 0) is 39.2 Å². The molecule has 0 fully saturated rings. The Labute approximate surface area is 132 Å². The van der Waals surface area contributed by atoms with Gasteiger partial charge in [0.25, 0.3) is 0 Å². The molecule has 0 saturated carbocycles. The zero-order chi connectivity index (χ0) is 17.4. The molecule has 0 saturated heterocycles. The largest absolute Gasteiger partial charge is 0.502 e. The number of rotatable bonds is 1. The van der Waals surface area contributed by atoms with Crippen molar-refractivity contribution in [2.24, 2.45) is 0 Å². The highest BCUT2D eigenvalue weighted by molar-refractivity contribution is 6.13. The van der Waals surface area contributed by atoms with Crippen molar-refractivity contribution >= 4 is 23.4 Å². The fraction of sp³-hybridized carbons (Fsp3) is 0.467. The van der Waals surface area contributed by atoms with Gasteiger partial charge in [0.1, 0.15) is 5.60 Å². The first-order valence-corrected chi connectivity index (χ1v) is 7.16. The Morgan fingerprint density at radius 3 is 2.57 bits per heavy atom.